The molecule has 0 radical (unpaired) electrons. The summed E-state index contributed by atoms with van der Waals surface area (Å²) in [5, 5.41) is 25.1. The van der Waals surface area contributed by atoms with Gasteiger partial charge in [0.25, 0.3) is 5.69 Å². The van der Waals surface area contributed by atoms with Crippen LogP contribution >= 0.6 is 0 Å². The average molecular weight is 426 g/mol. The molecule has 0 atom stereocenters. The second kappa shape index (κ2) is 9.61. The Labute approximate surface area is 178 Å². The maximum atomic E-state index is 12.8. The molecule has 0 aliphatic rings. The lowest BCUT2D eigenvalue weighted by atomic mass is 10.2. The van der Waals surface area contributed by atoms with Crippen LogP contribution in [0.15, 0.2) is 59.1 Å². The minimum atomic E-state index is -1.06. The van der Waals surface area contributed by atoms with Crippen molar-refractivity contribution in [2.24, 2.45) is 0 Å². The number of anilines is 1. The summed E-state index contributed by atoms with van der Waals surface area (Å²) < 4.78 is 11.2. The maximum Gasteiger partial charge on any atom is 0.323 e. The molecule has 10 heteroatoms. The number of ether oxygens (including phenoxy) is 1. The van der Waals surface area contributed by atoms with E-state index in [-0.39, 0.29) is 31.2 Å². The van der Waals surface area contributed by atoms with Crippen molar-refractivity contribution in [2.45, 2.75) is 6.54 Å². The molecule has 0 aliphatic carbocycles. The molecular formula is C21H22N4O6. The Morgan fingerprint density at radius 2 is 1.81 bits per heavy atom. The summed E-state index contributed by atoms with van der Waals surface area (Å²) in [6.45, 7) is -0.576. The molecular weight excluding hydrogens is 404 g/mol. The van der Waals surface area contributed by atoms with Crippen molar-refractivity contribution < 1.29 is 33.7 Å². The smallest absolute Gasteiger partial charge is 0.323 e. The molecule has 10 nitrogen and oxygen atoms in total. The first kappa shape index (κ1) is 21.6. The molecule has 0 saturated carbocycles. The molecule has 31 heavy (non-hydrogen) atoms. The van der Waals surface area contributed by atoms with Gasteiger partial charge in [-0.25, -0.2) is 0 Å². The van der Waals surface area contributed by atoms with E-state index in [1.165, 1.54) is 21.5 Å². The van der Waals surface area contributed by atoms with E-state index in [0.29, 0.717) is 17.1 Å². The van der Waals surface area contributed by atoms with Gasteiger partial charge in [-0.1, -0.05) is 18.2 Å². The Bertz CT molecular complexity index is 1040. The molecule has 0 bridgehead atoms. The minimum absolute atomic E-state index is 0.0666. The third-order valence-electron chi connectivity index (χ3n) is 4.60. The number of hydrogen-bond donors (Lipinski definition) is 1. The number of likely N-dealkylation sites (N-methyl/N-ethyl adjacent to an activating group) is 1. The summed E-state index contributed by atoms with van der Waals surface area (Å²) in [6.07, 6.45) is 0. The molecule has 162 valence electrons. The van der Waals surface area contributed by atoms with Gasteiger partial charge in [0.1, 0.15) is 18.8 Å². The molecule has 2 aromatic carbocycles. The molecule has 0 saturated heterocycles. The van der Waals surface area contributed by atoms with Crippen LogP contribution in [0, 0.1) is 0 Å². The molecule has 0 spiro atoms. The number of carbonyl (C=O) groups is 2. The monoisotopic (exact) mass is 426 g/mol. The zero-order valence-corrected chi connectivity index (χ0v) is 17.1. The van der Waals surface area contributed by atoms with E-state index in [1.807, 2.05) is 0 Å². The number of carbonyl (C=O) groups excluding carboxylic acids is 1. The minimum Gasteiger partial charge on any atom is -0.539 e. The molecule has 0 aliphatic heterocycles. The van der Waals surface area contributed by atoms with Crippen LogP contribution in [-0.2, 0) is 16.1 Å². The Kier molecular flexibility index (Phi) is 6.71. The molecule has 0 unspecified atom stereocenters. The van der Waals surface area contributed by atoms with E-state index < -0.39 is 11.9 Å². The summed E-state index contributed by atoms with van der Waals surface area (Å²) in [5.41, 5.74) is 1.33. The quantitative estimate of drug-likeness (QED) is 0.493. The van der Waals surface area contributed by atoms with Crippen LogP contribution in [0.1, 0.15) is 5.69 Å². The second-order valence-electron chi connectivity index (χ2n) is 6.75. The lowest BCUT2D eigenvalue weighted by Crippen LogP contribution is -2.44. The highest BCUT2D eigenvalue weighted by atomic mass is 16.6. The summed E-state index contributed by atoms with van der Waals surface area (Å²) in [4.78, 5) is 26.8. The molecule has 1 N–H and O–H groups in total. The van der Waals surface area contributed by atoms with Crippen molar-refractivity contribution in [3.8, 4) is 17.4 Å². The lowest BCUT2D eigenvalue weighted by molar-refractivity contribution is -0.678. The normalized spacial score (nSPS) is 10.5. The molecule has 0 fully saturated rings. The number of aromatic nitrogens is 2. The predicted octanol–water partition coefficient (Wildman–Crippen LogP) is 0.583. The Morgan fingerprint density at radius 1 is 1.13 bits per heavy atom. The van der Waals surface area contributed by atoms with Gasteiger partial charge < -0.3 is 29.3 Å². The van der Waals surface area contributed by atoms with Gasteiger partial charge in [-0.3, -0.25) is 9.59 Å². The average Bonchev–Trinajstić information content (AvgIpc) is 3.13. The Balaban J connectivity index is 1.76. The second-order valence-corrected chi connectivity index (χ2v) is 6.75. The summed E-state index contributed by atoms with van der Waals surface area (Å²) in [7, 11) is 3.07. The molecule has 3 rings (SSSR count). The first-order chi connectivity index (χ1) is 14.9. The van der Waals surface area contributed by atoms with Crippen molar-refractivity contribution in [3.05, 3.63) is 60.3 Å². The highest BCUT2D eigenvalue weighted by molar-refractivity contribution is 5.84. The van der Waals surface area contributed by atoms with Crippen LogP contribution in [0.2, 0.25) is 0 Å². The zero-order chi connectivity index (χ0) is 22.4. The van der Waals surface area contributed by atoms with Crippen LogP contribution in [0.5, 0.6) is 11.7 Å². The van der Waals surface area contributed by atoms with Crippen LogP contribution < -0.4 is 19.4 Å². The number of para-hydroxylation sites is 1. The van der Waals surface area contributed by atoms with E-state index >= 15 is 0 Å². The van der Waals surface area contributed by atoms with E-state index in [2.05, 4.69) is 5.27 Å². The van der Waals surface area contributed by atoms with Gasteiger partial charge >= 0.3 is 5.97 Å². The zero-order valence-electron chi connectivity index (χ0n) is 17.1. The fourth-order valence-corrected chi connectivity index (χ4v) is 2.96. The highest BCUT2D eigenvalue weighted by Gasteiger charge is 2.25. The highest BCUT2D eigenvalue weighted by Crippen LogP contribution is 2.17. The molecule has 1 heterocycles. The van der Waals surface area contributed by atoms with Gasteiger partial charge in [0.2, 0.25) is 11.6 Å². The van der Waals surface area contributed by atoms with Gasteiger partial charge in [-0.05, 0) is 28.9 Å². The van der Waals surface area contributed by atoms with E-state index in [0.717, 1.165) is 0 Å². The Hall–Kier alpha value is -4.08. The number of carboxylic acid groups (broad SMARTS) is 1. The Morgan fingerprint density at radius 3 is 2.42 bits per heavy atom. The number of rotatable bonds is 9. The first-order valence-electron chi connectivity index (χ1n) is 9.37. The van der Waals surface area contributed by atoms with Crippen LogP contribution in [0.4, 0.5) is 5.69 Å². The number of hydrogen-bond acceptors (Lipinski definition) is 7. The van der Waals surface area contributed by atoms with Crippen LogP contribution in [-0.4, -0.2) is 54.4 Å². The van der Waals surface area contributed by atoms with Crippen molar-refractivity contribution in [1.82, 2.24) is 10.2 Å². The van der Waals surface area contributed by atoms with Crippen molar-refractivity contribution in [2.75, 3.05) is 32.1 Å². The van der Waals surface area contributed by atoms with E-state index in [4.69, 9.17) is 9.26 Å². The van der Waals surface area contributed by atoms with Gasteiger partial charge in [0.15, 0.2) is 5.95 Å². The first-order valence-corrected chi connectivity index (χ1v) is 9.37. The third-order valence-corrected chi connectivity index (χ3v) is 4.60. The number of nitrogens with zero attached hydrogens (tertiary/aromatic N) is 4. The number of carboxylic acids is 1. The SMILES string of the molecule is COc1ccc(-[n+]2noc([O-])c2CN(C)C(=O)CN(CC(=O)O)c2ccccc2)cc1. The maximum absolute atomic E-state index is 12.8. The van der Waals surface area contributed by atoms with Gasteiger partial charge in [0.05, 0.1) is 18.9 Å². The summed E-state index contributed by atoms with van der Waals surface area (Å²) in [6, 6.07) is 15.6. The molecule has 1 amide bonds. The van der Waals surface area contributed by atoms with Crippen LogP contribution in [0.3, 0.4) is 0 Å². The number of aliphatic carboxylic acids is 1. The topological polar surface area (TPSA) is 123 Å². The van der Waals surface area contributed by atoms with Gasteiger partial charge in [-0.2, -0.15) is 0 Å². The largest absolute Gasteiger partial charge is 0.539 e. The van der Waals surface area contributed by atoms with E-state index in [1.54, 1.807) is 61.7 Å². The van der Waals surface area contributed by atoms with Gasteiger partial charge in [0, 0.05) is 24.9 Å². The van der Waals surface area contributed by atoms with E-state index in [9.17, 15) is 19.8 Å². The van der Waals surface area contributed by atoms with Crippen molar-refractivity contribution in [1.29, 1.82) is 0 Å². The van der Waals surface area contributed by atoms with Crippen LogP contribution in [0.25, 0.3) is 5.69 Å². The number of benzene rings is 2. The standard InChI is InChI=1S/C21H22N4O6/c1-23(19(26)13-24(14-20(27)28)15-6-4-3-5-7-15)12-18-21(29)31-22-25(18)16-8-10-17(30-2)11-9-16/h3-11H,12-14H2,1-2H3,(H-,22,27,28,29). The molecule has 1 aromatic heterocycles. The predicted molar refractivity (Wildman–Crippen MR) is 107 cm³/mol. The fourth-order valence-electron chi connectivity index (χ4n) is 2.96. The molecule has 3 aromatic rings. The fraction of sp³-hybridized carbons (Fsp3) is 0.238. The van der Waals surface area contributed by atoms with Gasteiger partial charge in [-0.15, -0.1) is 0 Å². The number of amides is 1. The summed E-state index contributed by atoms with van der Waals surface area (Å²) >= 11 is 0. The third kappa shape index (κ3) is 5.30. The summed E-state index contributed by atoms with van der Waals surface area (Å²) in [5.74, 6) is -1.45. The van der Waals surface area contributed by atoms with Crippen molar-refractivity contribution >= 4 is 17.6 Å². The number of methoxy groups -OCH3 is 1. The van der Waals surface area contributed by atoms with Crippen molar-refractivity contribution in [3.63, 3.8) is 0 Å². The lowest BCUT2D eigenvalue weighted by Gasteiger charge is -2.25.